The number of carbonyl (C=O) groups is 1. The zero-order chi connectivity index (χ0) is 22.1. The zero-order valence-corrected chi connectivity index (χ0v) is 20.2. The van der Waals surface area contributed by atoms with Gasteiger partial charge in [0.25, 0.3) is 5.91 Å². The van der Waals surface area contributed by atoms with Crippen LogP contribution in [0.3, 0.4) is 0 Å². The predicted molar refractivity (Wildman–Crippen MR) is 135 cm³/mol. The summed E-state index contributed by atoms with van der Waals surface area (Å²) in [6.07, 6.45) is 3.32. The third-order valence-electron chi connectivity index (χ3n) is 3.98. The summed E-state index contributed by atoms with van der Waals surface area (Å²) >= 11 is 9.49. The Balaban J connectivity index is 1.54. The van der Waals surface area contributed by atoms with E-state index in [-0.39, 0.29) is 11.7 Å². The molecule has 1 aromatic heterocycles. The van der Waals surface area contributed by atoms with E-state index in [4.69, 9.17) is 11.6 Å². The highest BCUT2D eigenvalue weighted by atomic mass is 127. The monoisotopic (exact) mass is 566 g/mol. The van der Waals surface area contributed by atoms with Crippen molar-refractivity contribution in [2.75, 3.05) is 11.1 Å². The maximum absolute atomic E-state index is 12.1. The molecular weight excluding hydrogens is 547 g/mol. The summed E-state index contributed by atoms with van der Waals surface area (Å²) in [5, 5.41) is 17.0. The molecule has 0 aliphatic rings. The van der Waals surface area contributed by atoms with Gasteiger partial charge >= 0.3 is 0 Å². The SMILES string of the molecule is C=CCn1c(CNc2ccc(I)cc2)nnc1SCC(=O)N/N=C\c1cccc(Cl)c1. The molecule has 0 saturated heterocycles. The van der Waals surface area contributed by atoms with Crippen LogP contribution in [-0.2, 0) is 17.9 Å². The first kappa shape index (κ1) is 23.3. The minimum absolute atomic E-state index is 0.159. The Morgan fingerprint density at radius 3 is 2.81 bits per heavy atom. The second-order valence-electron chi connectivity index (χ2n) is 6.30. The van der Waals surface area contributed by atoms with Gasteiger partial charge in [-0.05, 0) is 64.6 Å². The van der Waals surface area contributed by atoms with Gasteiger partial charge in [0.2, 0.25) is 0 Å². The quantitative estimate of drug-likeness (QED) is 0.123. The molecule has 0 aliphatic carbocycles. The van der Waals surface area contributed by atoms with Gasteiger partial charge in [-0.2, -0.15) is 5.10 Å². The van der Waals surface area contributed by atoms with Crippen molar-refractivity contribution in [3.05, 3.63) is 81.2 Å². The van der Waals surface area contributed by atoms with Crippen molar-refractivity contribution in [2.24, 2.45) is 5.10 Å². The minimum Gasteiger partial charge on any atom is -0.378 e. The average molecular weight is 567 g/mol. The van der Waals surface area contributed by atoms with Gasteiger partial charge in [-0.15, -0.1) is 16.8 Å². The number of benzene rings is 2. The van der Waals surface area contributed by atoms with Crippen LogP contribution in [0, 0.1) is 3.57 Å². The first-order valence-corrected chi connectivity index (χ1v) is 11.7. The largest absolute Gasteiger partial charge is 0.378 e. The van der Waals surface area contributed by atoms with Crippen LogP contribution in [-0.4, -0.2) is 32.6 Å². The summed E-state index contributed by atoms with van der Waals surface area (Å²) in [6, 6.07) is 15.3. The van der Waals surface area contributed by atoms with Crippen molar-refractivity contribution in [1.29, 1.82) is 0 Å². The van der Waals surface area contributed by atoms with Gasteiger partial charge in [0.05, 0.1) is 18.5 Å². The van der Waals surface area contributed by atoms with Gasteiger partial charge in [0.1, 0.15) is 0 Å². The molecule has 0 saturated carbocycles. The summed E-state index contributed by atoms with van der Waals surface area (Å²) in [5.41, 5.74) is 4.31. The maximum Gasteiger partial charge on any atom is 0.250 e. The lowest BCUT2D eigenvalue weighted by Crippen LogP contribution is -2.20. The second-order valence-corrected chi connectivity index (χ2v) is 8.92. The molecule has 3 rings (SSSR count). The van der Waals surface area contributed by atoms with Gasteiger partial charge < -0.3 is 9.88 Å². The van der Waals surface area contributed by atoms with Crippen LogP contribution >= 0.6 is 46.0 Å². The normalized spacial score (nSPS) is 10.9. The lowest BCUT2D eigenvalue weighted by atomic mass is 10.2. The van der Waals surface area contributed by atoms with E-state index in [1.54, 1.807) is 24.4 Å². The van der Waals surface area contributed by atoms with Gasteiger partial charge in [-0.3, -0.25) is 4.79 Å². The van der Waals surface area contributed by atoms with Crippen LogP contribution in [0.4, 0.5) is 5.69 Å². The van der Waals surface area contributed by atoms with Crippen LogP contribution < -0.4 is 10.7 Å². The summed E-state index contributed by atoms with van der Waals surface area (Å²) in [7, 11) is 0. The number of hydrogen-bond acceptors (Lipinski definition) is 6. The number of hydrazone groups is 1. The second kappa shape index (κ2) is 11.9. The number of halogens is 2. The van der Waals surface area contributed by atoms with Crippen molar-refractivity contribution >= 4 is 63.8 Å². The predicted octanol–water partition coefficient (Wildman–Crippen LogP) is 4.58. The first-order chi connectivity index (χ1) is 15.0. The molecule has 0 spiro atoms. The third-order valence-corrected chi connectivity index (χ3v) is 5.90. The van der Waals surface area contributed by atoms with Crippen LogP contribution in [0.5, 0.6) is 0 Å². The molecule has 0 bridgehead atoms. The number of anilines is 1. The Hall–Kier alpha value is -2.37. The van der Waals surface area contributed by atoms with Gasteiger partial charge in [0.15, 0.2) is 11.0 Å². The van der Waals surface area contributed by atoms with E-state index in [0.717, 1.165) is 17.1 Å². The molecule has 0 atom stereocenters. The highest BCUT2D eigenvalue weighted by Crippen LogP contribution is 2.18. The Bertz CT molecular complexity index is 1070. The third kappa shape index (κ3) is 7.37. The van der Waals surface area contributed by atoms with E-state index >= 15 is 0 Å². The van der Waals surface area contributed by atoms with Crippen LogP contribution in [0.2, 0.25) is 5.02 Å². The summed E-state index contributed by atoms with van der Waals surface area (Å²) in [6.45, 7) is 4.86. The van der Waals surface area contributed by atoms with E-state index in [1.165, 1.54) is 15.3 Å². The summed E-state index contributed by atoms with van der Waals surface area (Å²) in [5.74, 6) is 0.683. The Morgan fingerprint density at radius 2 is 2.06 bits per heavy atom. The number of amides is 1. The molecular formula is C21H20ClIN6OS. The molecule has 0 fully saturated rings. The number of hydrogen-bond donors (Lipinski definition) is 2. The van der Waals surface area contributed by atoms with Crippen molar-refractivity contribution in [3.63, 3.8) is 0 Å². The van der Waals surface area contributed by atoms with Crippen molar-refractivity contribution in [3.8, 4) is 0 Å². The number of aromatic nitrogens is 3. The number of rotatable bonds is 10. The molecule has 0 unspecified atom stereocenters. The molecule has 2 N–H and O–H groups in total. The number of allylic oxidation sites excluding steroid dienone is 1. The molecule has 10 heteroatoms. The standard InChI is InChI=1S/C21H20ClIN6OS/c1-2-10-29-19(13-24-18-8-6-17(23)7-9-18)26-28-21(29)31-14-20(30)27-25-12-15-4-3-5-16(22)11-15/h2-9,11-12,24H,1,10,13-14H2,(H,27,30)/b25-12-. The van der Waals surface area contributed by atoms with Crippen LogP contribution in [0.25, 0.3) is 0 Å². The molecule has 7 nitrogen and oxygen atoms in total. The number of carbonyl (C=O) groups excluding carboxylic acids is 1. The van der Waals surface area contributed by atoms with Crippen molar-refractivity contribution in [2.45, 2.75) is 18.2 Å². The molecule has 160 valence electrons. The van der Waals surface area contributed by atoms with Crippen molar-refractivity contribution < 1.29 is 4.79 Å². The molecule has 1 heterocycles. The Morgan fingerprint density at radius 1 is 1.26 bits per heavy atom. The smallest absolute Gasteiger partial charge is 0.250 e. The number of nitrogens with one attached hydrogen (secondary N) is 2. The van der Waals surface area contributed by atoms with E-state index in [2.05, 4.69) is 55.2 Å². The Labute approximate surface area is 203 Å². The molecule has 0 aliphatic heterocycles. The molecule has 3 aromatic rings. The number of nitrogens with zero attached hydrogens (tertiary/aromatic N) is 4. The van der Waals surface area contributed by atoms with E-state index < -0.39 is 0 Å². The average Bonchev–Trinajstić information content (AvgIpc) is 3.14. The number of thioether (sulfide) groups is 1. The van der Waals surface area contributed by atoms with Crippen LogP contribution in [0.1, 0.15) is 11.4 Å². The molecule has 1 amide bonds. The van der Waals surface area contributed by atoms with E-state index in [9.17, 15) is 4.79 Å². The van der Waals surface area contributed by atoms with Crippen molar-refractivity contribution in [1.82, 2.24) is 20.2 Å². The first-order valence-electron chi connectivity index (χ1n) is 9.28. The highest BCUT2D eigenvalue weighted by Gasteiger charge is 2.13. The van der Waals surface area contributed by atoms with E-state index in [1.807, 2.05) is 41.0 Å². The van der Waals surface area contributed by atoms with Crippen LogP contribution in [0.15, 0.2) is 71.4 Å². The lowest BCUT2D eigenvalue weighted by Gasteiger charge is -2.09. The fourth-order valence-corrected chi connectivity index (χ4v) is 3.86. The maximum atomic E-state index is 12.1. The van der Waals surface area contributed by atoms with Gasteiger partial charge in [-0.25, -0.2) is 5.43 Å². The Kier molecular flexibility index (Phi) is 8.92. The fraction of sp³-hybridized carbons (Fsp3) is 0.143. The topological polar surface area (TPSA) is 84.2 Å². The highest BCUT2D eigenvalue weighted by molar-refractivity contribution is 14.1. The summed E-state index contributed by atoms with van der Waals surface area (Å²) in [4.78, 5) is 12.1. The minimum atomic E-state index is -0.241. The molecule has 31 heavy (non-hydrogen) atoms. The van der Waals surface area contributed by atoms with E-state index in [0.29, 0.717) is 23.3 Å². The fourth-order valence-electron chi connectivity index (χ4n) is 2.55. The van der Waals surface area contributed by atoms with Gasteiger partial charge in [-0.1, -0.05) is 41.6 Å². The molecule has 0 radical (unpaired) electrons. The lowest BCUT2D eigenvalue weighted by molar-refractivity contribution is -0.118. The zero-order valence-electron chi connectivity index (χ0n) is 16.5. The van der Waals surface area contributed by atoms with Gasteiger partial charge in [0, 0.05) is 20.8 Å². The molecule has 2 aromatic carbocycles. The summed E-state index contributed by atoms with van der Waals surface area (Å²) < 4.78 is 3.10.